The van der Waals surface area contributed by atoms with E-state index in [1.54, 1.807) is 30.3 Å². The minimum absolute atomic E-state index is 0.0328. The molecular weight excluding hydrogens is 604 g/mol. The summed E-state index contributed by atoms with van der Waals surface area (Å²) >= 11 is 6.35. The maximum atomic E-state index is 12.9. The average Bonchev–Trinajstić information content (AvgIpc) is 3.07. The molecule has 0 atom stereocenters. The Morgan fingerprint density at radius 1 is 0.600 bits per heavy atom. The van der Waals surface area contributed by atoms with Crippen molar-refractivity contribution in [2.45, 2.75) is 26.4 Å². The average molecular weight is 633 g/mol. The van der Waals surface area contributed by atoms with Gasteiger partial charge in [-0.1, -0.05) is 23.4 Å². The fraction of sp³-hybridized carbons (Fsp3) is 0.176. The predicted molar refractivity (Wildman–Crippen MR) is 163 cm³/mol. The second-order valence-electron chi connectivity index (χ2n) is 9.47. The van der Waals surface area contributed by atoms with Gasteiger partial charge in [0.2, 0.25) is 0 Å². The van der Waals surface area contributed by atoms with Crippen LogP contribution in [0.3, 0.4) is 0 Å². The molecule has 0 fully saturated rings. The lowest BCUT2D eigenvalue weighted by Crippen LogP contribution is -2.14. The molecule has 0 spiro atoms. The standard InChI is InChI=1S/C34H29ClO10/c1-42-31-14-25(19-39)28(15-32(31)43-2)33(40)44-26-8-5-20(6-9-26)3-4-21-7-10-30(29(35)11-21)45-34(41)27-13-23(17-37)22(16-36)12-24(27)18-38/h5-15,36-39H,16-19H2,1-2H3. The van der Waals surface area contributed by atoms with E-state index >= 15 is 0 Å². The molecule has 0 aliphatic rings. The molecule has 11 heteroatoms. The molecule has 45 heavy (non-hydrogen) atoms. The van der Waals surface area contributed by atoms with E-state index in [9.17, 15) is 30.0 Å². The van der Waals surface area contributed by atoms with Gasteiger partial charge in [0.1, 0.15) is 11.5 Å². The molecule has 232 valence electrons. The summed E-state index contributed by atoms with van der Waals surface area (Å²) in [6.07, 6.45) is 0. The maximum Gasteiger partial charge on any atom is 0.344 e. The molecule has 10 nitrogen and oxygen atoms in total. The highest BCUT2D eigenvalue weighted by molar-refractivity contribution is 6.32. The van der Waals surface area contributed by atoms with Crippen molar-refractivity contribution in [2.75, 3.05) is 14.2 Å². The van der Waals surface area contributed by atoms with Gasteiger partial charge in [0.05, 0.1) is 56.8 Å². The van der Waals surface area contributed by atoms with Crippen LogP contribution in [-0.4, -0.2) is 46.6 Å². The van der Waals surface area contributed by atoms with Gasteiger partial charge in [0.15, 0.2) is 11.5 Å². The van der Waals surface area contributed by atoms with Crippen molar-refractivity contribution in [3.63, 3.8) is 0 Å². The normalized spacial score (nSPS) is 10.5. The molecule has 0 unspecified atom stereocenters. The molecule has 0 amide bonds. The number of carbonyl (C=O) groups is 2. The van der Waals surface area contributed by atoms with E-state index in [2.05, 4.69) is 11.8 Å². The van der Waals surface area contributed by atoms with Crippen LogP contribution >= 0.6 is 11.6 Å². The smallest absolute Gasteiger partial charge is 0.344 e. The number of halogens is 1. The first-order chi connectivity index (χ1) is 21.7. The molecule has 0 aliphatic heterocycles. The molecule has 0 radical (unpaired) electrons. The molecule has 0 saturated heterocycles. The predicted octanol–water partition coefficient (Wildman–Crippen LogP) is 4.16. The highest BCUT2D eigenvalue weighted by Gasteiger charge is 2.20. The number of rotatable bonds is 10. The lowest BCUT2D eigenvalue weighted by Gasteiger charge is -2.13. The van der Waals surface area contributed by atoms with Crippen molar-refractivity contribution in [3.8, 4) is 34.8 Å². The summed E-state index contributed by atoms with van der Waals surface area (Å²) in [5.74, 6) is 5.49. The summed E-state index contributed by atoms with van der Waals surface area (Å²) in [7, 11) is 2.89. The van der Waals surface area contributed by atoms with E-state index in [-0.39, 0.29) is 39.8 Å². The Morgan fingerprint density at radius 3 is 1.71 bits per heavy atom. The van der Waals surface area contributed by atoms with Gasteiger partial charge in [-0.15, -0.1) is 0 Å². The molecule has 0 aromatic heterocycles. The molecule has 4 rings (SSSR count). The van der Waals surface area contributed by atoms with Crippen molar-refractivity contribution < 1.29 is 49.0 Å². The van der Waals surface area contributed by atoms with Gasteiger partial charge < -0.3 is 39.4 Å². The highest BCUT2D eigenvalue weighted by Crippen LogP contribution is 2.32. The Balaban J connectivity index is 1.45. The maximum absolute atomic E-state index is 12.9. The summed E-state index contributed by atoms with van der Waals surface area (Å²) in [6.45, 7) is -1.65. The number of methoxy groups -OCH3 is 2. The van der Waals surface area contributed by atoms with Gasteiger partial charge in [-0.2, -0.15) is 0 Å². The fourth-order valence-electron chi connectivity index (χ4n) is 4.33. The van der Waals surface area contributed by atoms with Crippen LogP contribution in [0.15, 0.2) is 66.7 Å². The molecule has 0 heterocycles. The van der Waals surface area contributed by atoms with Gasteiger partial charge in [-0.05, 0) is 89.0 Å². The summed E-state index contributed by atoms with van der Waals surface area (Å²) in [5.41, 5.74) is 2.59. The molecule has 4 aromatic carbocycles. The number of hydrogen-bond acceptors (Lipinski definition) is 10. The summed E-state index contributed by atoms with van der Waals surface area (Å²) in [5, 5.41) is 38.5. The SMILES string of the molecule is COc1cc(CO)c(C(=O)Oc2ccc(C#Cc3ccc(OC(=O)c4cc(CO)c(CO)cc4CO)c(Cl)c3)cc2)cc1OC. The van der Waals surface area contributed by atoms with Crippen LogP contribution in [0.4, 0.5) is 0 Å². The molecule has 0 saturated carbocycles. The number of ether oxygens (including phenoxy) is 4. The van der Waals surface area contributed by atoms with Crippen molar-refractivity contribution in [1.82, 2.24) is 0 Å². The van der Waals surface area contributed by atoms with Gasteiger partial charge in [-0.25, -0.2) is 9.59 Å². The van der Waals surface area contributed by atoms with E-state index in [4.69, 9.17) is 30.5 Å². The molecule has 0 aliphatic carbocycles. The number of benzene rings is 4. The van der Waals surface area contributed by atoms with Crippen molar-refractivity contribution >= 4 is 23.5 Å². The van der Waals surface area contributed by atoms with E-state index in [0.717, 1.165) is 0 Å². The Labute approximate surface area is 264 Å². The first-order valence-electron chi connectivity index (χ1n) is 13.4. The van der Waals surface area contributed by atoms with Gasteiger partial charge >= 0.3 is 11.9 Å². The minimum atomic E-state index is -0.793. The first-order valence-corrected chi connectivity index (χ1v) is 13.8. The Kier molecular flexibility index (Phi) is 11.2. The van der Waals surface area contributed by atoms with Crippen molar-refractivity contribution in [3.05, 3.63) is 116 Å². The van der Waals surface area contributed by atoms with E-state index in [0.29, 0.717) is 39.3 Å². The molecule has 4 N–H and O–H groups in total. The quantitative estimate of drug-likeness (QED) is 0.114. The van der Waals surface area contributed by atoms with Crippen LogP contribution in [0.5, 0.6) is 23.0 Å². The van der Waals surface area contributed by atoms with Gasteiger partial charge in [-0.3, -0.25) is 0 Å². The third kappa shape index (κ3) is 7.80. The van der Waals surface area contributed by atoms with E-state index in [1.807, 2.05) is 0 Å². The molecular formula is C34H29ClO10. The monoisotopic (exact) mass is 632 g/mol. The lowest BCUT2D eigenvalue weighted by atomic mass is 9.99. The third-order valence-electron chi connectivity index (χ3n) is 6.71. The minimum Gasteiger partial charge on any atom is -0.493 e. The van der Waals surface area contributed by atoms with Crippen molar-refractivity contribution in [1.29, 1.82) is 0 Å². The second kappa shape index (κ2) is 15.2. The largest absolute Gasteiger partial charge is 0.493 e. The molecule has 4 aromatic rings. The number of hydrogen-bond donors (Lipinski definition) is 4. The zero-order valence-corrected chi connectivity index (χ0v) is 25.1. The van der Waals surface area contributed by atoms with Crippen LogP contribution in [0, 0.1) is 11.8 Å². The Bertz CT molecular complexity index is 1770. The zero-order valence-electron chi connectivity index (χ0n) is 24.3. The Hall–Kier alpha value is -4.89. The topological polar surface area (TPSA) is 152 Å². The van der Waals surface area contributed by atoms with Crippen LogP contribution in [0.25, 0.3) is 0 Å². The lowest BCUT2D eigenvalue weighted by molar-refractivity contribution is 0.0721. The first kappa shape index (κ1) is 33.0. The van der Waals surface area contributed by atoms with Crippen LogP contribution in [0.2, 0.25) is 5.02 Å². The summed E-state index contributed by atoms with van der Waals surface area (Å²) in [6, 6.07) is 16.8. The number of aliphatic hydroxyl groups excluding tert-OH is 4. The highest BCUT2D eigenvalue weighted by atomic mass is 35.5. The Morgan fingerprint density at radius 2 is 1.11 bits per heavy atom. The summed E-state index contributed by atoms with van der Waals surface area (Å²) < 4.78 is 21.4. The van der Waals surface area contributed by atoms with Crippen LogP contribution in [0.1, 0.15) is 54.1 Å². The third-order valence-corrected chi connectivity index (χ3v) is 7.00. The number of esters is 2. The fourth-order valence-corrected chi connectivity index (χ4v) is 4.55. The summed E-state index contributed by atoms with van der Waals surface area (Å²) in [4.78, 5) is 25.7. The van der Waals surface area contributed by atoms with E-state index < -0.39 is 31.8 Å². The molecule has 0 bridgehead atoms. The second-order valence-corrected chi connectivity index (χ2v) is 9.88. The van der Waals surface area contributed by atoms with Gasteiger partial charge in [0.25, 0.3) is 0 Å². The van der Waals surface area contributed by atoms with Crippen molar-refractivity contribution in [2.24, 2.45) is 0 Å². The van der Waals surface area contributed by atoms with Crippen LogP contribution in [-0.2, 0) is 26.4 Å². The number of aliphatic hydroxyl groups is 4. The zero-order chi connectivity index (χ0) is 32.5. The number of carbonyl (C=O) groups excluding carboxylic acids is 2. The van der Waals surface area contributed by atoms with Crippen LogP contribution < -0.4 is 18.9 Å². The van der Waals surface area contributed by atoms with E-state index in [1.165, 1.54) is 50.6 Å². The van der Waals surface area contributed by atoms with Gasteiger partial charge in [0, 0.05) is 11.1 Å².